The zero-order valence-corrected chi connectivity index (χ0v) is 10.0. The molecule has 0 spiro atoms. The first kappa shape index (κ1) is 14.3. The summed E-state index contributed by atoms with van der Waals surface area (Å²) in [6.45, 7) is -0.693. The summed E-state index contributed by atoms with van der Waals surface area (Å²) in [5, 5.41) is 0.199. The number of rotatable bonds is 4. The Morgan fingerprint density at radius 1 is 1.41 bits per heavy atom. The molecular weight excluding hydrogens is 279 g/mol. The third kappa shape index (κ3) is 4.93. The molecule has 1 unspecified atom stereocenters. The molecule has 0 aliphatic carbocycles. The van der Waals surface area contributed by atoms with Crippen molar-refractivity contribution in [1.82, 2.24) is 0 Å². The van der Waals surface area contributed by atoms with Crippen LogP contribution >= 0.6 is 11.6 Å². The summed E-state index contributed by atoms with van der Waals surface area (Å²) in [6.07, 6.45) is -4.72. The van der Waals surface area contributed by atoms with Gasteiger partial charge in [-0.3, -0.25) is 8.95 Å². The minimum Gasteiger partial charge on any atom is -0.399 e. The number of halogens is 4. The van der Waals surface area contributed by atoms with E-state index in [2.05, 4.69) is 4.74 Å². The number of hydrogen-bond acceptors (Lipinski definition) is 3. The minimum absolute atomic E-state index is 0.199. The molecule has 17 heavy (non-hydrogen) atoms. The monoisotopic (exact) mass is 287 g/mol. The lowest BCUT2D eigenvalue weighted by molar-refractivity contribution is -0.322. The molecule has 0 aliphatic rings. The molecule has 8 heteroatoms. The largest absolute Gasteiger partial charge is 0.522 e. The van der Waals surface area contributed by atoms with Gasteiger partial charge in [0.25, 0.3) is 0 Å². The van der Waals surface area contributed by atoms with Gasteiger partial charge in [0.1, 0.15) is 0 Å². The molecular formula is C9H9ClF3NO2S. The van der Waals surface area contributed by atoms with Crippen LogP contribution in [-0.2, 0) is 15.5 Å². The summed E-state index contributed by atoms with van der Waals surface area (Å²) in [5.41, 5.74) is 5.80. The Labute approximate surface area is 103 Å². The molecule has 96 valence electrons. The highest BCUT2D eigenvalue weighted by Crippen LogP contribution is 2.23. The van der Waals surface area contributed by atoms with Gasteiger partial charge in [-0.1, -0.05) is 11.6 Å². The van der Waals surface area contributed by atoms with Gasteiger partial charge in [0.2, 0.25) is 0 Å². The zero-order valence-electron chi connectivity index (χ0n) is 8.46. The van der Waals surface area contributed by atoms with E-state index in [1.54, 1.807) is 0 Å². The number of nitrogens with two attached hydrogens (primary N) is 1. The summed E-state index contributed by atoms with van der Waals surface area (Å²) >= 11 is 5.75. The van der Waals surface area contributed by atoms with E-state index in [4.69, 9.17) is 17.3 Å². The van der Waals surface area contributed by atoms with Gasteiger partial charge in [-0.05, 0) is 18.2 Å². The molecule has 0 fully saturated rings. The van der Waals surface area contributed by atoms with E-state index in [-0.39, 0.29) is 15.7 Å². The standard InChI is InChI=1S/C9H9ClF3NO2S/c10-7-2-1-6(14)5-8(7)17(15)4-3-16-9(11,12)13/h1-2,5H,3-4,14H2. The number of benzene rings is 1. The molecule has 0 bridgehead atoms. The van der Waals surface area contributed by atoms with E-state index < -0.39 is 23.8 Å². The second-order valence-corrected chi connectivity index (χ2v) is 4.98. The van der Waals surface area contributed by atoms with Crippen LogP contribution in [0.15, 0.2) is 23.1 Å². The normalized spacial score (nSPS) is 13.6. The highest BCUT2D eigenvalue weighted by Gasteiger charge is 2.29. The maximum Gasteiger partial charge on any atom is 0.522 e. The van der Waals surface area contributed by atoms with Crippen molar-refractivity contribution < 1.29 is 22.1 Å². The van der Waals surface area contributed by atoms with Gasteiger partial charge < -0.3 is 5.73 Å². The lowest BCUT2D eigenvalue weighted by atomic mass is 10.3. The summed E-state index contributed by atoms with van der Waals surface area (Å²) in [4.78, 5) is 0.206. The third-order valence-corrected chi connectivity index (χ3v) is 3.54. The van der Waals surface area contributed by atoms with Crippen LogP contribution in [0, 0.1) is 0 Å². The van der Waals surface area contributed by atoms with E-state index in [1.807, 2.05) is 0 Å². The molecule has 0 saturated carbocycles. The van der Waals surface area contributed by atoms with E-state index in [0.29, 0.717) is 5.69 Å². The Morgan fingerprint density at radius 3 is 2.65 bits per heavy atom. The number of alkyl halides is 3. The van der Waals surface area contributed by atoms with E-state index in [1.165, 1.54) is 18.2 Å². The van der Waals surface area contributed by atoms with Gasteiger partial charge >= 0.3 is 6.36 Å². The maximum absolute atomic E-state index is 11.7. The highest BCUT2D eigenvalue weighted by molar-refractivity contribution is 7.85. The molecule has 3 nitrogen and oxygen atoms in total. The number of nitrogen functional groups attached to an aromatic ring is 1. The third-order valence-electron chi connectivity index (χ3n) is 1.73. The molecule has 0 amide bonds. The van der Waals surface area contributed by atoms with Crippen molar-refractivity contribution in [2.45, 2.75) is 11.3 Å². The fourth-order valence-corrected chi connectivity index (χ4v) is 2.42. The van der Waals surface area contributed by atoms with Crippen LogP contribution in [0.5, 0.6) is 0 Å². The quantitative estimate of drug-likeness (QED) is 0.866. The summed E-state index contributed by atoms with van der Waals surface area (Å²) < 4.78 is 50.2. The predicted octanol–water partition coefficient (Wildman–Crippen LogP) is 2.57. The second kappa shape index (κ2) is 5.70. The van der Waals surface area contributed by atoms with Crippen molar-refractivity contribution in [1.29, 1.82) is 0 Å². The topological polar surface area (TPSA) is 52.3 Å². The van der Waals surface area contributed by atoms with Gasteiger partial charge in [-0.15, -0.1) is 13.2 Å². The predicted molar refractivity (Wildman–Crippen MR) is 59.1 cm³/mol. The number of ether oxygens (including phenoxy) is 1. The number of hydrogen-bond donors (Lipinski definition) is 1. The zero-order chi connectivity index (χ0) is 13.1. The summed E-state index contributed by atoms with van der Waals surface area (Å²) in [6, 6.07) is 4.32. The average Bonchev–Trinajstić information content (AvgIpc) is 2.19. The Morgan fingerprint density at radius 2 is 2.06 bits per heavy atom. The molecule has 0 saturated heterocycles. The first-order valence-electron chi connectivity index (χ1n) is 4.43. The Bertz CT molecular complexity index is 425. The highest BCUT2D eigenvalue weighted by atomic mass is 35.5. The van der Waals surface area contributed by atoms with E-state index >= 15 is 0 Å². The minimum atomic E-state index is -4.72. The van der Waals surface area contributed by atoms with Gasteiger partial charge in [0.05, 0.1) is 33.1 Å². The van der Waals surface area contributed by atoms with Crippen molar-refractivity contribution in [3.05, 3.63) is 23.2 Å². The van der Waals surface area contributed by atoms with Crippen molar-refractivity contribution in [3.8, 4) is 0 Å². The number of anilines is 1. The van der Waals surface area contributed by atoms with Crippen LogP contribution in [0.25, 0.3) is 0 Å². The van der Waals surface area contributed by atoms with Gasteiger partial charge in [0.15, 0.2) is 0 Å². The first-order valence-corrected chi connectivity index (χ1v) is 6.13. The molecule has 1 aromatic rings. The second-order valence-electron chi connectivity index (χ2n) is 3.03. The van der Waals surface area contributed by atoms with E-state index in [0.717, 1.165) is 0 Å². The molecule has 1 aromatic carbocycles. The van der Waals surface area contributed by atoms with Crippen LogP contribution in [0.3, 0.4) is 0 Å². The van der Waals surface area contributed by atoms with Gasteiger partial charge in [-0.2, -0.15) is 0 Å². The van der Waals surface area contributed by atoms with Crippen molar-refractivity contribution in [2.75, 3.05) is 18.1 Å². The summed E-state index contributed by atoms with van der Waals surface area (Å²) in [7, 11) is -1.68. The van der Waals surface area contributed by atoms with Crippen LogP contribution in [0.2, 0.25) is 5.02 Å². The lowest BCUT2D eigenvalue weighted by Crippen LogP contribution is -2.18. The molecule has 0 radical (unpaired) electrons. The van der Waals surface area contributed by atoms with Gasteiger partial charge in [-0.25, -0.2) is 0 Å². The SMILES string of the molecule is Nc1ccc(Cl)c(S(=O)CCOC(F)(F)F)c1. The Hall–Kier alpha value is -0.790. The molecule has 2 N–H and O–H groups in total. The van der Waals surface area contributed by atoms with Crippen molar-refractivity contribution >= 4 is 28.1 Å². The van der Waals surface area contributed by atoms with Crippen molar-refractivity contribution in [3.63, 3.8) is 0 Å². The van der Waals surface area contributed by atoms with Crippen LogP contribution < -0.4 is 5.73 Å². The van der Waals surface area contributed by atoms with Crippen LogP contribution in [0.1, 0.15) is 0 Å². The average molecular weight is 288 g/mol. The lowest BCUT2D eigenvalue weighted by Gasteiger charge is -2.08. The van der Waals surface area contributed by atoms with Crippen LogP contribution in [-0.4, -0.2) is 22.9 Å². The fourth-order valence-electron chi connectivity index (χ4n) is 1.04. The van der Waals surface area contributed by atoms with Crippen LogP contribution in [0.4, 0.5) is 18.9 Å². The van der Waals surface area contributed by atoms with E-state index in [9.17, 15) is 17.4 Å². The summed E-state index contributed by atoms with van der Waals surface area (Å²) in [5.74, 6) is -0.303. The van der Waals surface area contributed by atoms with Gasteiger partial charge in [0, 0.05) is 5.69 Å². The molecule has 0 heterocycles. The van der Waals surface area contributed by atoms with Crippen molar-refractivity contribution in [2.24, 2.45) is 0 Å². The fraction of sp³-hybridized carbons (Fsp3) is 0.333. The molecule has 1 atom stereocenters. The molecule has 0 aliphatic heterocycles. The smallest absolute Gasteiger partial charge is 0.399 e. The maximum atomic E-state index is 11.7. The Kier molecular flexibility index (Phi) is 4.79. The first-order chi connectivity index (χ1) is 7.79. The molecule has 0 aromatic heterocycles. The molecule has 1 rings (SSSR count). The Balaban J connectivity index is 2.61.